The lowest BCUT2D eigenvalue weighted by Crippen LogP contribution is -2.26. The summed E-state index contributed by atoms with van der Waals surface area (Å²) in [6.07, 6.45) is 0.119. The van der Waals surface area contributed by atoms with Crippen molar-refractivity contribution >= 4 is 5.78 Å². The van der Waals surface area contributed by atoms with Crippen molar-refractivity contribution in [2.45, 2.75) is 33.0 Å². The van der Waals surface area contributed by atoms with Gasteiger partial charge in [0.25, 0.3) is 0 Å². The van der Waals surface area contributed by atoms with Crippen molar-refractivity contribution < 1.29 is 14.3 Å². The molecule has 1 heterocycles. The molecular weight excluding hydrogens is 228 g/mol. The number of ether oxygens (including phenoxy) is 2. The smallest absolute Gasteiger partial charge is 0.169 e. The third-order valence-corrected chi connectivity index (χ3v) is 3.90. The molecule has 0 aliphatic carbocycles. The predicted molar refractivity (Wildman–Crippen MR) is 70.0 cm³/mol. The number of Topliss-reactive ketones (excluding diaryl/α,β-unsaturated/α-hetero) is 1. The minimum Gasteiger partial charge on any atom is -0.497 e. The van der Waals surface area contributed by atoms with Crippen molar-refractivity contribution in [3.8, 4) is 5.75 Å². The maximum atomic E-state index is 12.5. The highest BCUT2D eigenvalue weighted by Gasteiger charge is 2.41. The van der Waals surface area contributed by atoms with E-state index in [0.29, 0.717) is 11.3 Å². The van der Waals surface area contributed by atoms with E-state index in [9.17, 15) is 4.79 Å². The molecule has 1 aromatic rings. The largest absolute Gasteiger partial charge is 0.497 e. The van der Waals surface area contributed by atoms with Gasteiger partial charge in [0.1, 0.15) is 5.75 Å². The second-order valence-corrected chi connectivity index (χ2v) is 5.03. The number of ketones is 1. The van der Waals surface area contributed by atoms with Gasteiger partial charge in [0, 0.05) is 5.56 Å². The Morgan fingerprint density at radius 3 is 2.50 bits per heavy atom. The average molecular weight is 248 g/mol. The molecule has 0 spiro atoms. The first-order valence-corrected chi connectivity index (χ1v) is 6.38. The Morgan fingerprint density at radius 1 is 1.22 bits per heavy atom. The fourth-order valence-electron chi connectivity index (χ4n) is 2.69. The number of carbonyl (C=O) groups excluding carboxylic acids is 1. The molecule has 2 rings (SSSR count). The van der Waals surface area contributed by atoms with Crippen LogP contribution in [0.3, 0.4) is 0 Å². The van der Waals surface area contributed by atoms with Crippen LogP contribution >= 0.6 is 0 Å². The highest BCUT2D eigenvalue weighted by atomic mass is 16.5. The molecule has 0 bridgehead atoms. The fraction of sp³-hybridized carbons (Fsp3) is 0.533. The third-order valence-electron chi connectivity index (χ3n) is 3.90. The number of methoxy groups -OCH3 is 1. The summed E-state index contributed by atoms with van der Waals surface area (Å²) in [5.41, 5.74) is 0.704. The zero-order valence-corrected chi connectivity index (χ0v) is 11.3. The van der Waals surface area contributed by atoms with Crippen LogP contribution in [0.1, 0.15) is 31.1 Å². The summed E-state index contributed by atoms with van der Waals surface area (Å²) in [6.45, 7) is 6.08. The Kier molecular flexibility index (Phi) is 3.71. The summed E-state index contributed by atoms with van der Waals surface area (Å²) in [6, 6.07) is 7.33. The zero-order chi connectivity index (χ0) is 13.3. The van der Waals surface area contributed by atoms with Crippen molar-refractivity contribution in [3.05, 3.63) is 29.8 Å². The van der Waals surface area contributed by atoms with Crippen LogP contribution in [0, 0.1) is 11.8 Å². The van der Waals surface area contributed by atoms with E-state index in [-0.39, 0.29) is 29.8 Å². The minimum absolute atomic E-state index is 0.0197. The molecule has 1 aliphatic heterocycles. The molecule has 18 heavy (non-hydrogen) atoms. The van der Waals surface area contributed by atoms with E-state index in [1.165, 1.54) is 0 Å². The highest BCUT2D eigenvalue weighted by Crippen LogP contribution is 2.34. The topological polar surface area (TPSA) is 35.5 Å². The van der Waals surface area contributed by atoms with Gasteiger partial charge in [0.05, 0.1) is 25.2 Å². The van der Waals surface area contributed by atoms with Crippen molar-refractivity contribution in [2.24, 2.45) is 11.8 Å². The van der Waals surface area contributed by atoms with E-state index >= 15 is 0 Å². The van der Waals surface area contributed by atoms with Gasteiger partial charge in [-0.15, -0.1) is 0 Å². The SMILES string of the molecule is COc1cccc(C(=O)C2C(C)OC(C)C2C)c1. The average Bonchev–Trinajstić information content (AvgIpc) is 2.62. The molecule has 1 saturated heterocycles. The van der Waals surface area contributed by atoms with Crippen LogP contribution in [0.5, 0.6) is 5.75 Å². The van der Waals surface area contributed by atoms with Crippen LogP contribution in [0.4, 0.5) is 0 Å². The van der Waals surface area contributed by atoms with E-state index in [2.05, 4.69) is 6.92 Å². The van der Waals surface area contributed by atoms with Crippen LogP contribution < -0.4 is 4.74 Å². The van der Waals surface area contributed by atoms with Gasteiger partial charge >= 0.3 is 0 Å². The second kappa shape index (κ2) is 5.11. The first-order chi connectivity index (χ1) is 8.54. The van der Waals surface area contributed by atoms with Crippen LogP contribution in [-0.2, 0) is 4.74 Å². The molecule has 4 atom stereocenters. The van der Waals surface area contributed by atoms with E-state index < -0.39 is 0 Å². The predicted octanol–water partition coefficient (Wildman–Crippen LogP) is 2.94. The van der Waals surface area contributed by atoms with Gasteiger partial charge < -0.3 is 9.47 Å². The van der Waals surface area contributed by atoms with Crippen LogP contribution in [0.15, 0.2) is 24.3 Å². The lowest BCUT2D eigenvalue weighted by Gasteiger charge is -2.17. The summed E-state index contributed by atoms with van der Waals surface area (Å²) in [5, 5.41) is 0. The first-order valence-electron chi connectivity index (χ1n) is 6.38. The lowest BCUT2D eigenvalue weighted by molar-refractivity contribution is 0.0491. The molecule has 3 nitrogen and oxygen atoms in total. The second-order valence-electron chi connectivity index (χ2n) is 5.03. The molecule has 0 N–H and O–H groups in total. The Labute approximate surface area is 108 Å². The molecule has 0 aromatic heterocycles. The standard InChI is InChI=1S/C15H20O3/c1-9-10(2)18-11(3)14(9)15(16)12-6-5-7-13(8-12)17-4/h5-11,14H,1-4H3. The summed E-state index contributed by atoms with van der Waals surface area (Å²) in [4.78, 5) is 12.5. The molecule has 0 saturated carbocycles. The van der Waals surface area contributed by atoms with E-state index in [0.717, 1.165) is 0 Å². The molecule has 0 radical (unpaired) electrons. The molecule has 3 heteroatoms. The Hall–Kier alpha value is -1.35. The molecular formula is C15H20O3. The summed E-state index contributed by atoms with van der Waals surface area (Å²) >= 11 is 0. The quantitative estimate of drug-likeness (QED) is 0.771. The van der Waals surface area contributed by atoms with Crippen molar-refractivity contribution in [1.82, 2.24) is 0 Å². The molecule has 1 fully saturated rings. The Morgan fingerprint density at radius 2 is 1.94 bits per heavy atom. The maximum Gasteiger partial charge on any atom is 0.169 e. The van der Waals surface area contributed by atoms with Crippen molar-refractivity contribution in [1.29, 1.82) is 0 Å². The van der Waals surface area contributed by atoms with Crippen LogP contribution in [-0.4, -0.2) is 25.1 Å². The van der Waals surface area contributed by atoms with Gasteiger partial charge in [-0.3, -0.25) is 4.79 Å². The molecule has 1 aromatic carbocycles. The van der Waals surface area contributed by atoms with E-state index in [4.69, 9.17) is 9.47 Å². The van der Waals surface area contributed by atoms with Gasteiger partial charge in [0.15, 0.2) is 5.78 Å². The van der Waals surface area contributed by atoms with E-state index in [1.54, 1.807) is 13.2 Å². The Bertz CT molecular complexity index is 441. The van der Waals surface area contributed by atoms with Gasteiger partial charge in [-0.25, -0.2) is 0 Å². The fourth-order valence-corrected chi connectivity index (χ4v) is 2.69. The van der Waals surface area contributed by atoms with Crippen molar-refractivity contribution in [3.63, 3.8) is 0 Å². The maximum absolute atomic E-state index is 12.5. The molecule has 1 aliphatic rings. The van der Waals surface area contributed by atoms with Gasteiger partial charge in [-0.2, -0.15) is 0 Å². The number of benzene rings is 1. The molecule has 0 amide bonds. The number of carbonyl (C=O) groups is 1. The zero-order valence-electron chi connectivity index (χ0n) is 11.3. The summed E-state index contributed by atoms with van der Waals surface area (Å²) in [5.74, 6) is 1.05. The third kappa shape index (κ3) is 2.27. The highest BCUT2D eigenvalue weighted by molar-refractivity contribution is 5.98. The van der Waals surface area contributed by atoms with Gasteiger partial charge in [-0.05, 0) is 31.9 Å². The number of hydrogen-bond acceptors (Lipinski definition) is 3. The van der Waals surface area contributed by atoms with Gasteiger partial charge in [-0.1, -0.05) is 19.1 Å². The van der Waals surface area contributed by atoms with Crippen molar-refractivity contribution in [2.75, 3.05) is 7.11 Å². The number of hydrogen-bond donors (Lipinski definition) is 0. The normalized spacial score (nSPS) is 31.3. The lowest BCUT2D eigenvalue weighted by atomic mass is 9.83. The van der Waals surface area contributed by atoms with E-state index in [1.807, 2.05) is 32.0 Å². The van der Waals surface area contributed by atoms with Crippen LogP contribution in [0.25, 0.3) is 0 Å². The molecule has 4 unspecified atom stereocenters. The summed E-state index contributed by atoms with van der Waals surface area (Å²) in [7, 11) is 1.61. The summed E-state index contributed by atoms with van der Waals surface area (Å²) < 4.78 is 10.9. The first kappa shape index (κ1) is 13.1. The number of rotatable bonds is 3. The Balaban J connectivity index is 2.25. The monoisotopic (exact) mass is 248 g/mol. The van der Waals surface area contributed by atoms with Crippen LogP contribution in [0.2, 0.25) is 0 Å². The minimum atomic E-state index is -0.0629. The van der Waals surface area contributed by atoms with Gasteiger partial charge in [0.2, 0.25) is 0 Å². The molecule has 98 valence electrons.